The van der Waals surface area contributed by atoms with Gasteiger partial charge in [-0.25, -0.2) is 0 Å². The third-order valence-electron chi connectivity index (χ3n) is 4.19. The van der Waals surface area contributed by atoms with Crippen molar-refractivity contribution in [1.29, 1.82) is 0 Å². The molecule has 0 amide bonds. The van der Waals surface area contributed by atoms with Crippen LogP contribution in [0.5, 0.6) is 0 Å². The molecule has 4 nitrogen and oxygen atoms in total. The highest BCUT2D eigenvalue weighted by molar-refractivity contribution is 5.79. The Kier molecular flexibility index (Phi) is 5.49. The lowest BCUT2D eigenvalue weighted by molar-refractivity contribution is 0.145. The van der Waals surface area contributed by atoms with Crippen LogP contribution in [0.1, 0.15) is 46.0 Å². The van der Waals surface area contributed by atoms with Crippen molar-refractivity contribution in [2.24, 2.45) is 16.3 Å². The lowest BCUT2D eigenvalue weighted by atomic mass is 10.0. The molecule has 2 fully saturated rings. The zero-order valence-corrected chi connectivity index (χ0v) is 12.5. The molecule has 0 unspecified atom stereocenters. The average molecular weight is 267 g/mol. The first-order valence-corrected chi connectivity index (χ1v) is 7.90. The van der Waals surface area contributed by atoms with Crippen molar-refractivity contribution in [2.75, 3.05) is 32.8 Å². The predicted molar refractivity (Wildman–Crippen MR) is 79.5 cm³/mol. The number of nitrogens with one attached hydrogen (secondary N) is 2. The molecule has 0 heterocycles. The van der Waals surface area contributed by atoms with E-state index in [-0.39, 0.29) is 0 Å². The Hall–Kier alpha value is -0.770. The second kappa shape index (κ2) is 7.13. The maximum atomic E-state index is 5.34. The van der Waals surface area contributed by atoms with E-state index < -0.39 is 0 Å². The van der Waals surface area contributed by atoms with Crippen molar-refractivity contribution >= 4 is 5.96 Å². The lowest BCUT2D eigenvalue weighted by Crippen LogP contribution is -2.38. The number of hydrogen-bond donors (Lipinski definition) is 2. The summed E-state index contributed by atoms with van der Waals surface area (Å²) in [4.78, 5) is 4.78. The highest BCUT2D eigenvalue weighted by Gasteiger charge is 2.53. The number of nitrogens with zero attached hydrogens (tertiary/aromatic N) is 1. The highest BCUT2D eigenvalue weighted by Crippen LogP contribution is 2.61. The molecule has 0 aromatic carbocycles. The van der Waals surface area contributed by atoms with Crippen LogP contribution in [0.4, 0.5) is 0 Å². The van der Waals surface area contributed by atoms with Gasteiger partial charge in [0.1, 0.15) is 0 Å². The first-order chi connectivity index (χ1) is 9.30. The van der Waals surface area contributed by atoms with Gasteiger partial charge >= 0.3 is 0 Å². The number of rotatable bonds is 9. The van der Waals surface area contributed by atoms with Crippen LogP contribution in [0.3, 0.4) is 0 Å². The van der Waals surface area contributed by atoms with Gasteiger partial charge in [0.15, 0.2) is 5.96 Å². The fourth-order valence-corrected chi connectivity index (χ4v) is 2.66. The van der Waals surface area contributed by atoms with E-state index in [9.17, 15) is 0 Å². The molecule has 2 aliphatic rings. The second-order valence-corrected chi connectivity index (χ2v) is 5.81. The summed E-state index contributed by atoms with van der Waals surface area (Å²) in [5, 5.41) is 6.73. The van der Waals surface area contributed by atoms with Crippen LogP contribution in [-0.2, 0) is 4.74 Å². The van der Waals surface area contributed by atoms with Crippen LogP contribution in [0, 0.1) is 11.3 Å². The Morgan fingerprint density at radius 1 is 1.26 bits per heavy atom. The molecule has 2 aliphatic carbocycles. The van der Waals surface area contributed by atoms with Crippen LogP contribution in [0.2, 0.25) is 0 Å². The number of hydrogen-bond acceptors (Lipinski definition) is 2. The lowest BCUT2D eigenvalue weighted by Gasteiger charge is -2.14. The first kappa shape index (κ1) is 14.6. The minimum absolute atomic E-state index is 0.591. The van der Waals surface area contributed by atoms with Gasteiger partial charge in [-0.3, -0.25) is 4.99 Å². The summed E-state index contributed by atoms with van der Waals surface area (Å²) in [6, 6.07) is 0. The van der Waals surface area contributed by atoms with E-state index in [0.29, 0.717) is 5.41 Å². The monoisotopic (exact) mass is 267 g/mol. The van der Waals surface area contributed by atoms with Gasteiger partial charge in [-0.05, 0) is 57.3 Å². The zero-order valence-electron chi connectivity index (χ0n) is 12.5. The summed E-state index contributed by atoms with van der Waals surface area (Å²) in [6.45, 7) is 8.65. The molecule has 0 atom stereocenters. The van der Waals surface area contributed by atoms with Crippen molar-refractivity contribution in [1.82, 2.24) is 10.6 Å². The van der Waals surface area contributed by atoms with Gasteiger partial charge in [0.05, 0.1) is 0 Å². The molecular weight excluding hydrogens is 238 g/mol. The summed E-state index contributed by atoms with van der Waals surface area (Å²) < 4.78 is 5.34. The van der Waals surface area contributed by atoms with E-state index in [1.807, 2.05) is 6.92 Å². The standard InChI is InChI=1S/C15H29N3O/c1-3-16-14(17-10-5-11-19-4-2)18-12-15(8-9-15)13-6-7-13/h13H,3-12H2,1-2H3,(H2,16,17,18). The summed E-state index contributed by atoms with van der Waals surface area (Å²) in [5.74, 6) is 1.96. The molecular formula is C15H29N3O. The van der Waals surface area contributed by atoms with Crippen molar-refractivity contribution in [2.45, 2.75) is 46.0 Å². The van der Waals surface area contributed by atoms with Gasteiger partial charge in [0.25, 0.3) is 0 Å². The van der Waals surface area contributed by atoms with E-state index >= 15 is 0 Å². The Bertz CT molecular complexity index is 296. The Morgan fingerprint density at radius 2 is 2.05 bits per heavy atom. The smallest absolute Gasteiger partial charge is 0.191 e. The van der Waals surface area contributed by atoms with E-state index in [1.165, 1.54) is 25.7 Å². The maximum Gasteiger partial charge on any atom is 0.191 e. The molecule has 0 aromatic rings. The van der Waals surface area contributed by atoms with Crippen molar-refractivity contribution in [3.05, 3.63) is 0 Å². The van der Waals surface area contributed by atoms with Crippen molar-refractivity contribution in [3.8, 4) is 0 Å². The molecule has 0 aromatic heterocycles. The van der Waals surface area contributed by atoms with Crippen LogP contribution in [0.25, 0.3) is 0 Å². The van der Waals surface area contributed by atoms with E-state index in [2.05, 4.69) is 17.6 Å². The normalized spacial score (nSPS) is 21.3. The molecule has 2 saturated carbocycles. The maximum absolute atomic E-state index is 5.34. The highest BCUT2D eigenvalue weighted by atomic mass is 16.5. The van der Waals surface area contributed by atoms with E-state index in [4.69, 9.17) is 9.73 Å². The molecule has 19 heavy (non-hydrogen) atoms. The molecule has 110 valence electrons. The van der Waals surface area contributed by atoms with Gasteiger partial charge in [-0.1, -0.05) is 0 Å². The van der Waals surface area contributed by atoms with Gasteiger partial charge < -0.3 is 15.4 Å². The number of aliphatic imine (C=N–C) groups is 1. The third kappa shape index (κ3) is 4.68. The molecule has 0 radical (unpaired) electrons. The molecule has 0 spiro atoms. The fourth-order valence-electron chi connectivity index (χ4n) is 2.66. The third-order valence-corrected chi connectivity index (χ3v) is 4.19. The Balaban J connectivity index is 1.68. The quantitative estimate of drug-likeness (QED) is 0.382. The summed E-state index contributed by atoms with van der Waals surface area (Å²) in [5.41, 5.74) is 0.591. The summed E-state index contributed by atoms with van der Waals surface area (Å²) in [7, 11) is 0. The van der Waals surface area contributed by atoms with E-state index in [0.717, 1.165) is 51.1 Å². The van der Waals surface area contributed by atoms with Gasteiger partial charge in [-0.2, -0.15) is 0 Å². The van der Waals surface area contributed by atoms with Gasteiger partial charge in [0.2, 0.25) is 0 Å². The molecule has 2 N–H and O–H groups in total. The van der Waals surface area contributed by atoms with Crippen LogP contribution in [-0.4, -0.2) is 38.8 Å². The summed E-state index contributed by atoms with van der Waals surface area (Å²) >= 11 is 0. The van der Waals surface area contributed by atoms with Gasteiger partial charge in [0, 0.05) is 32.8 Å². The fraction of sp³-hybridized carbons (Fsp3) is 0.933. The zero-order chi connectivity index (χ0) is 13.6. The second-order valence-electron chi connectivity index (χ2n) is 5.81. The van der Waals surface area contributed by atoms with Crippen LogP contribution in [0.15, 0.2) is 4.99 Å². The Labute approximate surface area is 117 Å². The van der Waals surface area contributed by atoms with E-state index in [1.54, 1.807) is 0 Å². The SMILES string of the molecule is CCNC(=NCC1(C2CC2)CC1)NCCCOCC. The molecule has 0 bridgehead atoms. The summed E-state index contributed by atoms with van der Waals surface area (Å²) in [6.07, 6.45) is 6.70. The molecule has 0 saturated heterocycles. The largest absolute Gasteiger partial charge is 0.382 e. The van der Waals surface area contributed by atoms with Crippen molar-refractivity contribution < 1.29 is 4.74 Å². The predicted octanol–water partition coefficient (Wildman–Crippen LogP) is 2.16. The minimum Gasteiger partial charge on any atom is -0.382 e. The Morgan fingerprint density at radius 3 is 2.63 bits per heavy atom. The van der Waals surface area contributed by atoms with Crippen LogP contribution < -0.4 is 10.6 Å². The first-order valence-electron chi connectivity index (χ1n) is 7.90. The molecule has 2 rings (SSSR count). The minimum atomic E-state index is 0.591. The number of ether oxygens (including phenoxy) is 1. The molecule has 0 aliphatic heterocycles. The number of guanidine groups is 1. The molecule has 4 heteroatoms. The van der Waals surface area contributed by atoms with Crippen molar-refractivity contribution in [3.63, 3.8) is 0 Å². The average Bonchev–Trinajstić information content (AvgIpc) is 3.28. The van der Waals surface area contributed by atoms with Crippen LogP contribution >= 0.6 is 0 Å². The van der Waals surface area contributed by atoms with Gasteiger partial charge in [-0.15, -0.1) is 0 Å². The topological polar surface area (TPSA) is 45.7 Å².